The van der Waals surface area contributed by atoms with Crippen molar-refractivity contribution in [2.75, 3.05) is 13.7 Å². The van der Waals surface area contributed by atoms with E-state index in [1.807, 2.05) is 26.0 Å². The fraction of sp³-hybridized carbons (Fsp3) is 0.400. The third kappa shape index (κ3) is 5.05. The summed E-state index contributed by atoms with van der Waals surface area (Å²) in [5.74, 6) is -0.153. The van der Waals surface area contributed by atoms with Gasteiger partial charge in [-0.25, -0.2) is 0 Å². The zero-order valence-corrected chi connectivity index (χ0v) is 17.4. The van der Waals surface area contributed by atoms with Gasteiger partial charge in [0, 0.05) is 19.3 Å². The van der Waals surface area contributed by atoms with E-state index >= 15 is 0 Å². The molecular formula is C20H24Cl2N2O3. The second-order valence-electron chi connectivity index (χ2n) is 6.64. The Balaban J connectivity index is 2.07. The normalized spacial score (nSPS) is 10.9. The molecule has 146 valence electrons. The first-order valence-corrected chi connectivity index (χ1v) is 9.51. The van der Waals surface area contributed by atoms with Gasteiger partial charge in [-0.1, -0.05) is 43.1 Å². The molecule has 27 heavy (non-hydrogen) atoms. The molecule has 0 bridgehead atoms. The lowest BCUT2D eigenvalue weighted by atomic mass is 10.1. The highest BCUT2D eigenvalue weighted by Crippen LogP contribution is 2.23. The number of hydrogen-bond acceptors (Lipinski definition) is 3. The lowest BCUT2D eigenvalue weighted by Gasteiger charge is -2.16. The van der Waals surface area contributed by atoms with Crippen molar-refractivity contribution >= 4 is 29.1 Å². The van der Waals surface area contributed by atoms with Gasteiger partial charge in [-0.2, -0.15) is 0 Å². The molecule has 1 N–H and O–H groups in total. The average Bonchev–Trinajstić information content (AvgIpc) is 2.63. The molecule has 1 amide bonds. The first-order valence-electron chi connectivity index (χ1n) is 8.76. The zero-order chi connectivity index (χ0) is 20.1. The second-order valence-corrected chi connectivity index (χ2v) is 7.46. The van der Waals surface area contributed by atoms with Crippen molar-refractivity contribution in [1.29, 1.82) is 0 Å². The number of pyridine rings is 1. The summed E-state index contributed by atoms with van der Waals surface area (Å²) in [6, 6.07) is 7.22. The van der Waals surface area contributed by atoms with Crippen LogP contribution in [0.2, 0.25) is 10.0 Å². The van der Waals surface area contributed by atoms with Crippen molar-refractivity contribution in [3.63, 3.8) is 0 Å². The van der Waals surface area contributed by atoms with Crippen molar-refractivity contribution in [2.24, 2.45) is 7.05 Å². The number of methoxy groups -OCH3 is 1. The van der Waals surface area contributed by atoms with E-state index in [2.05, 4.69) is 5.32 Å². The van der Waals surface area contributed by atoms with Gasteiger partial charge < -0.3 is 14.6 Å². The number of carbonyl (C=O) groups excluding carboxylic acids is 1. The van der Waals surface area contributed by atoms with Gasteiger partial charge in [-0.3, -0.25) is 9.59 Å². The molecule has 0 spiro atoms. The third-order valence-electron chi connectivity index (χ3n) is 4.38. The summed E-state index contributed by atoms with van der Waals surface area (Å²) in [6.07, 6.45) is 1.48. The van der Waals surface area contributed by atoms with Crippen LogP contribution < -0.4 is 15.6 Å². The molecular weight excluding hydrogens is 387 g/mol. The number of ether oxygens (including phenoxy) is 1. The summed E-state index contributed by atoms with van der Waals surface area (Å²) in [5.41, 5.74) is 1.78. The van der Waals surface area contributed by atoms with Gasteiger partial charge >= 0.3 is 0 Å². The van der Waals surface area contributed by atoms with Gasteiger partial charge in [-0.15, -0.1) is 0 Å². The molecule has 0 aliphatic heterocycles. The molecule has 0 atom stereocenters. The summed E-state index contributed by atoms with van der Waals surface area (Å²) in [5, 5.41) is 3.90. The quantitative estimate of drug-likeness (QED) is 0.696. The van der Waals surface area contributed by atoms with Crippen LogP contribution in [0.25, 0.3) is 0 Å². The molecule has 0 saturated heterocycles. The SMILES string of the molecule is COc1c(C(=O)NCCCc2ccc(Cl)c(Cl)c2)cc(C(C)C)n(C)c1=O. The van der Waals surface area contributed by atoms with Gasteiger partial charge in [0.2, 0.25) is 0 Å². The van der Waals surface area contributed by atoms with Crippen molar-refractivity contribution in [3.8, 4) is 5.75 Å². The molecule has 0 saturated carbocycles. The largest absolute Gasteiger partial charge is 0.491 e. The monoisotopic (exact) mass is 410 g/mol. The number of nitrogens with zero attached hydrogens (tertiary/aromatic N) is 1. The van der Waals surface area contributed by atoms with Crippen LogP contribution in [-0.4, -0.2) is 24.1 Å². The van der Waals surface area contributed by atoms with Crippen LogP contribution in [0, 0.1) is 0 Å². The molecule has 2 aromatic rings. The van der Waals surface area contributed by atoms with Crippen LogP contribution in [0.15, 0.2) is 29.1 Å². The highest BCUT2D eigenvalue weighted by Gasteiger charge is 2.20. The molecule has 0 aliphatic rings. The molecule has 1 aromatic heterocycles. The predicted octanol–water partition coefficient (Wildman–Crippen LogP) is 4.19. The first-order chi connectivity index (χ1) is 12.8. The zero-order valence-electron chi connectivity index (χ0n) is 15.9. The number of hydrogen-bond donors (Lipinski definition) is 1. The van der Waals surface area contributed by atoms with Crippen molar-refractivity contribution in [2.45, 2.75) is 32.6 Å². The van der Waals surface area contributed by atoms with E-state index in [9.17, 15) is 9.59 Å². The summed E-state index contributed by atoms with van der Waals surface area (Å²) < 4.78 is 6.71. The number of aromatic nitrogens is 1. The Morgan fingerprint density at radius 2 is 1.93 bits per heavy atom. The highest BCUT2D eigenvalue weighted by atomic mass is 35.5. The lowest BCUT2D eigenvalue weighted by molar-refractivity contribution is 0.0949. The fourth-order valence-corrected chi connectivity index (χ4v) is 3.22. The number of rotatable bonds is 7. The molecule has 1 aromatic carbocycles. The summed E-state index contributed by atoms with van der Waals surface area (Å²) in [6.45, 7) is 4.41. The average molecular weight is 411 g/mol. The Labute approximate surface area is 169 Å². The number of aryl methyl sites for hydroxylation is 1. The van der Waals surface area contributed by atoms with Crippen LogP contribution in [0.1, 0.15) is 47.8 Å². The maximum atomic E-state index is 12.6. The van der Waals surface area contributed by atoms with Crippen molar-refractivity contribution in [1.82, 2.24) is 9.88 Å². The van der Waals surface area contributed by atoms with Crippen LogP contribution in [0.3, 0.4) is 0 Å². The third-order valence-corrected chi connectivity index (χ3v) is 5.11. The lowest BCUT2D eigenvalue weighted by Crippen LogP contribution is -2.30. The number of amides is 1. The minimum Gasteiger partial charge on any atom is -0.491 e. The van der Waals surface area contributed by atoms with E-state index in [-0.39, 0.29) is 28.7 Å². The number of benzene rings is 1. The van der Waals surface area contributed by atoms with Crippen LogP contribution in [0.4, 0.5) is 0 Å². The van der Waals surface area contributed by atoms with E-state index in [1.165, 1.54) is 11.7 Å². The molecule has 0 unspecified atom stereocenters. The smallest absolute Gasteiger partial charge is 0.293 e. The standard InChI is InChI=1S/C20H24Cl2N2O3/c1-12(2)17-11-14(18(27-4)20(26)24(17)3)19(25)23-9-5-6-13-7-8-15(21)16(22)10-13/h7-8,10-12H,5-6,9H2,1-4H3,(H,23,25). The first kappa shape index (κ1) is 21.3. The van der Waals surface area contributed by atoms with E-state index in [0.29, 0.717) is 16.6 Å². The van der Waals surface area contributed by atoms with E-state index in [4.69, 9.17) is 27.9 Å². The Hall–Kier alpha value is -1.98. The fourth-order valence-electron chi connectivity index (χ4n) is 2.90. The molecule has 2 rings (SSSR count). The molecule has 0 fully saturated rings. The van der Waals surface area contributed by atoms with Gasteiger partial charge in [0.05, 0.1) is 22.7 Å². The van der Waals surface area contributed by atoms with E-state index < -0.39 is 0 Å². The van der Waals surface area contributed by atoms with Crippen molar-refractivity contribution < 1.29 is 9.53 Å². The van der Waals surface area contributed by atoms with Crippen LogP contribution >= 0.6 is 23.2 Å². The topological polar surface area (TPSA) is 60.3 Å². The van der Waals surface area contributed by atoms with Gasteiger partial charge in [0.15, 0.2) is 5.75 Å². The Kier molecular flexibility index (Phi) is 7.33. The minimum absolute atomic E-state index is 0.0592. The van der Waals surface area contributed by atoms with E-state index in [1.54, 1.807) is 19.2 Å². The van der Waals surface area contributed by atoms with Gasteiger partial charge in [-0.05, 0) is 42.5 Å². The number of nitrogens with one attached hydrogen (secondary N) is 1. The maximum Gasteiger partial charge on any atom is 0.293 e. The number of carbonyl (C=O) groups is 1. The molecule has 0 aliphatic carbocycles. The van der Waals surface area contributed by atoms with Gasteiger partial charge in [0.25, 0.3) is 11.5 Å². The Morgan fingerprint density at radius 1 is 1.22 bits per heavy atom. The highest BCUT2D eigenvalue weighted by molar-refractivity contribution is 6.42. The molecule has 0 radical (unpaired) electrons. The van der Waals surface area contributed by atoms with Crippen LogP contribution in [0.5, 0.6) is 5.75 Å². The maximum absolute atomic E-state index is 12.6. The number of halogens is 2. The minimum atomic E-state index is -0.319. The molecule has 7 heteroatoms. The Morgan fingerprint density at radius 3 is 2.52 bits per heavy atom. The van der Waals surface area contributed by atoms with Crippen LogP contribution in [-0.2, 0) is 13.5 Å². The molecule has 1 heterocycles. The summed E-state index contributed by atoms with van der Waals surface area (Å²) in [7, 11) is 3.08. The van der Waals surface area contributed by atoms with Gasteiger partial charge in [0.1, 0.15) is 0 Å². The van der Waals surface area contributed by atoms with Crippen molar-refractivity contribution in [3.05, 3.63) is 61.5 Å². The summed E-state index contributed by atoms with van der Waals surface area (Å²) >= 11 is 11.9. The predicted molar refractivity (Wildman–Crippen MR) is 109 cm³/mol. The molecule has 5 nitrogen and oxygen atoms in total. The van der Waals surface area contributed by atoms with E-state index in [0.717, 1.165) is 24.1 Å². The second kappa shape index (κ2) is 9.29. The summed E-state index contributed by atoms with van der Waals surface area (Å²) in [4.78, 5) is 25.1. The Bertz CT molecular complexity index is 892.